The average Bonchev–Trinajstić information content (AvgIpc) is 3.27. The first-order valence-corrected chi connectivity index (χ1v) is 10.9. The number of hydrogen-bond donors (Lipinski definition) is 2. The Kier molecular flexibility index (Phi) is 7.63. The molecule has 2 aromatic carbocycles. The van der Waals surface area contributed by atoms with Gasteiger partial charge >= 0.3 is 0 Å². The maximum Gasteiger partial charge on any atom is 0.251 e. The van der Waals surface area contributed by atoms with E-state index in [4.69, 9.17) is 0 Å². The van der Waals surface area contributed by atoms with Crippen LogP contribution >= 0.6 is 0 Å². The molecule has 0 aliphatic carbocycles. The molecule has 0 spiro atoms. The van der Waals surface area contributed by atoms with Crippen molar-refractivity contribution in [1.29, 1.82) is 0 Å². The molecule has 1 saturated heterocycles. The van der Waals surface area contributed by atoms with Gasteiger partial charge in [0.05, 0.1) is 6.04 Å². The Balaban J connectivity index is 1.66. The summed E-state index contributed by atoms with van der Waals surface area (Å²) in [5.41, 5.74) is 2.88. The fourth-order valence-corrected chi connectivity index (χ4v) is 3.96. The third kappa shape index (κ3) is 5.70. The number of aryl methyl sites for hydroxylation is 1. The number of benzene rings is 2. The van der Waals surface area contributed by atoms with Gasteiger partial charge in [-0.3, -0.25) is 14.5 Å². The Morgan fingerprint density at radius 2 is 1.60 bits per heavy atom. The van der Waals surface area contributed by atoms with Crippen LogP contribution in [0.1, 0.15) is 54.2 Å². The number of hydrogen-bond acceptors (Lipinski definition) is 3. The van der Waals surface area contributed by atoms with E-state index in [1.54, 1.807) is 12.1 Å². The summed E-state index contributed by atoms with van der Waals surface area (Å²) in [7, 11) is 0. The van der Waals surface area contributed by atoms with Crippen molar-refractivity contribution in [3.8, 4) is 0 Å². The van der Waals surface area contributed by atoms with E-state index in [1.807, 2.05) is 51.1 Å². The van der Waals surface area contributed by atoms with Gasteiger partial charge in [0.25, 0.3) is 5.91 Å². The van der Waals surface area contributed by atoms with Crippen LogP contribution in [0.3, 0.4) is 0 Å². The zero-order valence-electron chi connectivity index (χ0n) is 18.2. The molecule has 2 unspecified atom stereocenters. The fraction of sp³-hybridized carbons (Fsp3) is 0.440. The molecule has 30 heavy (non-hydrogen) atoms. The normalized spacial score (nSPS) is 16.3. The summed E-state index contributed by atoms with van der Waals surface area (Å²) in [6.07, 6.45) is 2.39. The van der Waals surface area contributed by atoms with E-state index < -0.39 is 6.04 Å². The molecule has 2 N–H and O–H groups in total. The molecule has 1 fully saturated rings. The lowest BCUT2D eigenvalue weighted by atomic mass is 10.0. The predicted molar refractivity (Wildman–Crippen MR) is 120 cm³/mol. The smallest absolute Gasteiger partial charge is 0.251 e. The lowest BCUT2D eigenvalue weighted by molar-refractivity contribution is -0.124. The standard InChI is InChI=1S/C25H33N3O2/c1-18(2)23(27-24(29)21-13-11-19(3)12-14-21)25(30)26-17-22(28-15-7-8-16-28)20-9-5-4-6-10-20/h4-6,9-14,18,22-23H,7-8,15-17H2,1-3H3,(H,26,30)(H,27,29). The largest absolute Gasteiger partial charge is 0.352 e. The molecule has 5 nitrogen and oxygen atoms in total. The maximum absolute atomic E-state index is 13.0. The second-order valence-electron chi connectivity index (χ2n) is 8.48. The predicted octanol–water partition coefficient (Wildman–Crippen LogP) is 3.70. The van der Waals surface area contributed by atoms with Crippen molar-refractivity contribution in [3.05, 3.63) is 71.3 Å². The molecule has 1 aliphatic heterocycles. The number of nitrogens with zero attached hydrogens (tertiary/aromatic N) is 1. The first-order chi connectivity index (χ1) is 14.5. The highest BCUT2D eigenvalue weighted by Gasteiger charge is 2.28. The number of nitrogens with one attached hydrogen (secondary N) is 2. The first kappa shape index (κ1) is 22.0. The number of rotatable bonds is 8. The van der Waals surface area contributed by atoms with Gasteiger partial charge in [0.2, 0.25) is 5.91 Å². The summed E-state index contributed by atoms with van der Waals surface area (Å²) in [5.74, 6) is -0.366. The van der Waals surface area contributed by atoms with Crippen LogP contribution in [-0.4, -0.2) is 42.4 Å². The molecular formula is C25H33N3O2. The topological polar surface area (TPSA) is 61.4 Å². The van der Waals surface area contributed by atoms with Crippen LogP contribution in [0.4, 0.5) is 0 Å². The van der Waals surface area contributed by atoms with E-state index in [9.17, 15) is 9.59 Å². The van der Waals surface area contributed by atoms with Gasteiger partial charge in [0.15, 0.2) is 0 Å². The minimum atomic E-state index is -0.575. The molecule has 5 heteroatoms. The average molecular weight is 408 g/mol. The summed E-state index contributed by atoms with van der Waals surface area (Å²) in [6, 6.07) is 17.3. The van der Waals surface area contributed by atoms with Gasteiger partial charge in [-0.05, 0) is 56.5 Å². The molecule has 0 aromatic heterocycles. The quantitative estimate of drug-likeness (QED) is 0.701. The highest BCUT2D eigenvalue weighted by molar-refractivity contribution is 5.97. The van der Waals surface area contributed by atoms with Gasteiger partial charge in [-0.1, -0.05) is 61.9 Å². The van der Waals surface area contributed by atoms with Gasteiger partial charge in [0, 0.05) is 12.1 Å². The summed E-state index contributed by atoms with van der Waals surface area (Å²) < 4.78 is 0. The first-order valence-electron chi connectivity index (χ1n) is 10.9. The zero-order chi connectivity index (χ0) is 21.5. The van der Waals surface area contributed by atoms with E-state index in [1.165, 1.54) is 18.4 Å². The Morgan fingerprint density at radius 3 is 2.20 bits per heavy atom. The van der Waals surface area contributed by atoms with Gasteiger partial charge in [-0.15, -0.1) is 0 Å². The molecule has 0 saturated carbocycles. The maximum atomic E-state index is 13.0. The third-order valence-electron chi connectivity index (χ3n) is 5.78. The van der Waals surface area contributed by atoms with E-state index in [0.717, 1.165) is 18.7 Å². The van der Waals surface area contributed by atoms with Crippen LogP contribution in [0, 0.1) is 12.8 Å². The zero-order valence-corrected chi connectivity index (χ0v) is 18.2. The molecule has 2 atom stereocenters. The molecular weight excluding hydrogens is 374 g/mol. The van der Waals surface area contributed by atoms with Gasteiger partial charge in [0.1, 0.15) is 6.04 Å². The Bertz CT molecular complexity index is 827. The lowest BCUT2D eigenvalue weighted by Gasteiger charge is -2.29. The van der Waals surface area contributed by atoms with Crippen molar-refractivity contribution >= 4 is 11.8 Å². The van der Waals surface area contributed by atoms with Crippen LogP contribution in [0.25, 0.3) is 0 Å². The molecule has 3 rings (SSSR count). The SMILES string of the molecule is Cc1ccc(C(=O)NC(C(=O)NCC(c2ccccc2)N2CCCC2)C(C)C)cc1. The van der Waals surface area contributed by atoms with Crippen molar-refractivity contribution in [2.24, 2.45) is 5.92 Å². The van der Waals surface area contributed by atoms with Crippen molar-refractivity contribution < 1.29 is 9.59 Å². The van der Waals surface area contributed by atoms with Gasteiger partial charge < -0.3 is 10.6 Å². The number of amides is 2. The minimum Gasteiger partial charge on any atom is -0.352 e. The van der Waals surface area contributed by atoms with E-state index in [2.05, 4.69) is 27.7 Å². The molecule has 2 aromatic rings. The third-order valence-corrected chi connectivity index (χ3v) is 5.78. The Morgan fingerprint density at radius 1 is 0.967 bits per heavy atom. The monoisotopic (exact) mass is 407 g/mol. The number of carbonyl (C=O) groups excluding carboxylic acids is 2. The fourth-order valence-electron chi connectivity index (χ4n) is 3.96. The summed E-state index contributed by atoms with van der Waals surface area (Å²) in [5, 5.41) is 6.03. The summed E-state index contributed by atoms with van der Waals surface area (Å²) in [4.78, 5) is 28.1. The van der Waals surface area contributed by atoms with Crippen molar-refractivity contribution in [1.82, 2.24) is 15.5 Å². The Hall–Kier alpha value is -2.66. The van der Waals surface area contributed by atoms with Gasteiger partial charge in [-0.25, -0.2) is 0 Å². The van der Waals surface area contributed by atoms with E-state index >= 15 is 0 Å². The highest BCUT2D eigenvalue weighted by atomic mass is 16.2. The van der Waals surface area contributed by atoms with Crippen LogP contribution in [0.2, 0.25) is 0 Å². The summed E-state index contributed by atoms with van der Waals surface area (Å²) in [6.45, 7) is 8.52. The lowest BCUT2D eigenvalue weighted by Crippen LogP contribution is -2.51. The number of likely N-dealkylation sites (tertiary alicyclic amines) is 1. The van der Waals surface area contributed by atoms with Crippen LogP contribution < -0.4 is 10.6 Å². The molecule has 160 valence electrons. The summed E-state index contributed by atoms with van der Waals surface area (Å²) >= 11 is 0. The highest BCUT2D eigenvalue weighted by Crippen LogP contribution is 2.24. The molecule has 2 amide bonds. The van der Waals surface area contributed by atoms with E-state index in [-0.39, 0.29) is 23.8 Å². The second-order valence-corrected chi connectivity index (χ2v) is 8.48. The van der Waals surface area contributed by atoms with Crippen molar-refractivity contribution in [3.63, 3.8) is 0 Å². The van der Waals surface area contributed by atoms with Crippen molar-refractivity contribution in [2.75, 3.05) is 19.6 Å². The molecule has 1 aliphatic rings. The molecule has 0 bridgehead atoms. The van der Waals surface area contributed by atoms with Gasteiger partial charge in [-0.2, -0.15) is 0 Å². The van der Waals surface area contributed by atoms with E-state index in [0.29, 0.717) is 12.1 Å². The van der Waals surface area contributed by atoms with Crippen LogP contribution in [-0.2, 0) is 4.79 Å². The number of carbonyl (C=O) groups is 2. The van der Waals surface area contributed by atoms with Crippen LogP contribution in [0.5, 0.6) is 0 Å². The van der Waals surface area contributed by atoms with Crippen molar-refractivity contribution in [2.45, 2.75) is 45.7 Å². The molecule has 1 heterocycles. The minimum absolute atomic E-state index is 0.0126. The second kappa shape index (κ2) is 10.4. The van der Waals surface area contributed by atoms with Crippen LogP contribution in [0.15, 0.2) is 54.6 Å². The molecule has 0 radical (unpaired) electrons. The Labute approximate surface area is 179 Å².